The van der Waals surface area contributed by atoms with Crippen LogP contribution in [0.25, 0.3) is 0 Å². The Morgan fingerprint density at radius 3 is 2.00 bits per heavy atom. The molecule has 2 amide bonds. The first-order chi connectivity index (χ1) is 13.6. The zero-order valence-corrected chi connectivity index (χ0v) is 18.8. The van der Waals surface area contributed by atoms with E-state index in [4.69, 9.17) is 9.47 Å². The topological polar surface area (TPSA) is 67.9 Å². The first-order valence-electron chi connectivity index (χ1n) is 11.4. The Labute approximate surface area is 172 Å². The number of ether oxygens (including phenoxy) is 2. The molecule has 0 rings (SSSR count). The normalized spacial score (nSPS) is 11.7. The number of rotatable bonds is 17. The number of nitrogens with zero attached hydrogens (tertiary/aromatic N) is 1. The van der Waals surface area contributed by atoms with Gasteiger partial charge in [-0.15, -0.1) is 0 Å². The highest BCUT2D eigenvalue weighted by Crippen LogP contribution is 2.19. The van der Waals surface area contributed by atoms with E-state index in [2.05, 4.69) is 19.2 Å². The molecular weight excluding hydrogens is 356 g/mol. The molecule has 0 radical (unpaired) electrons. The van der Waals surface area contributed by atoms with Gasteiger partial charge in [0.25, 0.3) is 0 Å². The Hall–Kier alpha value is -1.46. The molecule has 0 saturated carbocycles. The predicted octanol–water partition coefficient (Wildman–Crippen LogP) is 5.89. The van der Waals surface area contributed by atoms with Gasteiger partial charge < -0.3 is 19.7 Å². The molecule has 1 unspecified atom stereocenters. The van der Waals surface area contributed by atoms with Gasteiger partial charge in [-0.25, -0.2) is 9.59 Å². The minimum absolute atomic E-state index is 0.181. The molecule has 0 fully saturated rings. The van der Waals surface area contributed by atoms with Crippen LogP contribution in [0.1, 0.15) is 98.3 Å². The SMILES string of the molecule is CCCCCCCC(CCCCNC(=O)OCC)N(CCCC)C(=O)OCC. The van der Waals surface area contributed by atoms with E-state index >= 15 is 0 Å². The molecule has 28 heavy (non-hydrogen) atoms. The summed E-state index contributed by atoms with van der Waals surface area (Å²) in [6.07, 6.45) is 11.5. The first-order valence-corrected chi connectivity index (χ1v) is 11.4. The standard InChI is InChI=1S/C22H44N2O4/c1-5-9-11-12-13-16-20(17-14-15-18-23-21(25)27-7-3)24(19-10-6-2)22(26)28-8-4/h20H,5-19H2,1-4H3,(H,23,25). The lowest BCUT2D eigenvalue weighted by Gasteiger charge is -2.31. The molecular formula is C22H44N2O4. The van der Waals surface area contributed by atoms with Crippen molar-refractivity contribution in [1.82, 2.24) is 10.2 Å². The molecule has 0 spiro atoms. The number of amides is 2. The molecule has 0 aliphatic rings. The van der Waals surface area contributed by atoms with Crippen molar-refractivity contribution in [3.05, 3.63) is 0 Å². The number of unbranched alkanes of at least 4 members (excludes halogenated alkanes) is 6. The van der Waals surface area contributed by atoms with Gasteiger partial charge in [0, 0.05) is 19.1 Å². The lowest BCUT2D eigenvalue weighted by molar-refractivity contribution is 0.0837. The van der Waals surface area contributed by atoms with Crippen LogP contribution >= 0.6 is 0 Å². The second-order valence-electron chi connectivity index (χ2n) is 7.25. The molecule has 0 aliphatic heterocycles. The molecule has 0 aromatic carbocycles. The highest BCUT2D eigenvalue weighted by molar-refractivity contribution is 5.68. The van der Waals surface area contributed by atoms with Crippen LogP contribution in [-0.4, -0.2) is 49.4 Å². The van der Waals surface area contributed by atoms with Crippen LogP contribution in [0.4, 0.5) is 9.59 Å². The Morgan fingerprint density at radius 1 is 0.786 bits per heavy atom. The van der Waals surface area contributed by atoms with E-state index < -0.39 is 0 Å². The molecule has 6 nitrogen and oxygen atoms in total. The van der Waals surface area contributed by atoms with Crippen LogP contribution in [0, 0.1) is 0 Å². The van der Waals surface area contributed by atoms with Crippen molar-refractivity contribution in [3.8, 4) is 0 Å². The second kappa shape index (κ2) is 18.9. The maximum atomic E-state index is 12.5. The van der Waals surface area contributed by atoms with E-state index in [1.165, 1.54) is 25.7 Å². The van der Waals surface area contributed by atoms with Crippen molar-refractivity contribution in [1.29, 1.82) is 0 Å². The average Bonchev–Trinajstić information content (AvgIpc) is 2.67. The van der Waals surface area contributed by atoms with Crippen molar-refractivity contribution in [2.24, 2.45) is 0 Å². The molecule has 0 aromatic heterocycles. The first kappa shape index (κ1) is 26.5. The summed E-state index contributed by atoms with van der Waals surface area (Å²) in [4.78, 5) is 25.8. The summed E-state index contributed by atoms with van der Waals surface area (Å²) >= 11 is 0. The molecule has 0 heterocycles. The number of carbonyl (C=O) groups excluding carboxylic acids is 2. The fraction of sp³-hybridized carbons (Fsp3) is 0.909. The maximum absolute atomic E-state index is 12.5. The van der Waals surface area contributed by atoms with Gasteiger partial charge >= 0.3 is 12.2 Å². The van der Waals surface area contributed by atoms with Gasteiger partial charge in [0.2, 0.25) is 0 Å². The highest BCUT2D eigenvalue weighted by Gasteiger charge is 2.23. The lowest BCUT2D eigenvalue weighted by atomic mass is 10.00. The summed E-state index contributed by atoms with van der Waals surface area (Å²) in [7, 11) is 0. The van der Waals surface area contributed by atoms with Crippen molar-refractivity contribution in [3.63, 3.8) is 0 Å². The van der Waals surface area contributed by atoms with Crippen LogP contribution < -0.4 is 5.32 Å². The minimum Gasteiger partial charge on any atom is -0.450 e. The quantitative estimate of drug-likeness (QED) is 0.309. The summed E-state index contributed by atoms with van der Waals surface area (Å²) in [5.41, 5.74) is 0. The third-order valence-corrected chi connectivity index (χ3v) is 4.85. The van der Waals surface area contributed by atoms with Gasteiger partial charge in [-0.05, 0) is 46.0 Å². The smallest absolute Gasteiger partial charge is 0.409 e. The summed E-state index contributed by atoms with van der Waals surface area (Å²) in [6.45, 7) is 10.2. The van der Waals surface area contributed by atoms with E-state index in [1.807, 2.05) is 11.8 Å². The van der Waals surface area contributed by atoms with E-state index in [0.717, 1.165) is 51.5 Å². The Bertz CT molecular complexity index is 391. The summed E-state index contributed by atoms with van der Waals surface area (Å²) in [6, 6.07) is 0.217. The Kier molecular flexibility index (Phi) is 17.9. The predicted molar refractivity (Wildman–Crippen MR) is 115 cm³/mol. The van der Waals surface area contributed by atoms with E-state index in [9.17, 15) is 9.59 Å². The number of hydrogen-bond donors (Lipinski definition) is 1. The summed E-state index contributed by atoms with van der Waals surface area (Å²) in [5, 5.41) is 2.76. The largest absolute Gasteiger partial charge is 0.450 e. The van der Waals surface area contributed by atoms with Crippen LogP contribution in [-0.2, 0) is 9.47 Å². The zero-order chi connectivity index (χ0) is 21.0. The lowest BCUT2D eigenvalue weighted by Crippen LogP contribution is -2.41. The molecule has 1 N–H and O–H groups in total. The van der Waals surface area contributed by atoms with E-state index in [0.29, 0.717) is 19.8 Å². The summed E-state index contributed by atoms with van der Waals surface area (Å²) in [5.74, 6) is 0. The molecule has 0 aliphatic carbocycles. The van der Waals surface area contributed by atoms with Crippen LogP contribution in [0.15, 0.2) is 0 Å². The Morgan fingerprint density at radius 2 is 1.39 bits per heavy atom. The van der Waals surface area contributed by atoms with Gasteiger partial charge in [0.05, 0.1) is 13.2 Å². The van der Waals surface area contributed by atoms with Crippen molar-refractivity contribution in [2.75, 3.05) is 26.3 Å². The van der Waals surface area contributed by atoms with Gasteiger partial charge in [-0.1, -0.05) is 52.4 Å². The fourth-order valence-electron chi connectivity index (χ4n) is 3.27. The second-order valence-corrected chi connectivity index (χ2v) is 7.25. The molecule has 1 atom stereocenters. The number of carbonyl (C=O) groups is 2. The molecule has 0 saturated heterocycles. The Balaban J connectivity index is 4.61. The monoisotopic (exact) mass is 400 g/mol. The van der Waals surface area contributed by atoms with Crippen LogP contribution in [0.5, 0.6) is 0 Å². The number of nitrogens with one attached hydrogen (secondary N) is 1. The van der Waals surface area contributed by atoms with Crippen LogP contribution in [0.3, 0.4) is 0 Å². The fourth-order valence-corrected chi connectivity index (χ4v) is 3.27. The number of alkyl carbamates (subject to hydrolysis) is 1. The zero-order valence-electron chi connectivity index (χ0n) is 18.8. The highest BCUT2D eigenvalue weighted by atomic mass is 16.6. The molecule has 0 bridgehead atoms. The number of hydrogen-bond acceptors (Lipinski definition) is 4. The van der Waals surface area contributed by atoms with E-state index in [-0.39, 0.29) is 18.2 Å². The average molecular weight is 401 g/mol. The molecule has 166 valence electrons. The molecule has 6 heteroatoms. The van der Waals surface area contributed by atoms with Gasteiger partial charge in [-0.2, -0.15) is 0 Å². The van der Waals surface area contributed by atoms with Crippen molar-refractivity contribution < 1.29 is 19.1 Å². The minimum atomic E-state index is -0.355. The third kappa shape index (κ3) is 13.7. The van der Waals surface area contributed by atoms with E-state index in [1.54, 1.807) is 6.92 Å². The van der Waals surface area contributed by atoms with Gasteiger partial charge in [0.1, 0.15) is 0 Å². The third-order valence-electron chi connectivity index (χ3n) is 4.85. The van der Waals surface area contributed by atoms with Gasteiger partial charge in [-0.3, -0.25) is 0 Å². The van der Waals surface area contributed by atoms with Gasteiger partial charge in [0.15, 0.2) is 0 Å². The van der Waals surface area contributed by atoms with Crippen molar-refractivity contribution in [2.45, 2.75) is 104 Å². The van der Waals surface area contributed by atoms with Crippen molar-refractivity contribution >= 4 is 12.2 Å². The summed E-state index contributed by atoms with van der Waals surface area (Å²) < 4.78 is 10.2. The maximum Gasteiger partial charge on any atom is 0.409 e. The molecule has 0 aromatic rings. The van der Waals surface area contributed by atoms with Crippen LogP contribution in [0.2, 0.25) is 0 Å².